The van der Waals surface area contributed by atoms with Gasteiger partial charge in [0.1, 0.15) is 5.82 Å². The van der Waals surface area contributed by atoms with Crippen molar-refractivity contribution in [1.29, 1.82) is 0 Å². The summed E-state index contributed by atoms with van der Waals surface area (Å²) in [5, 5.41) is 7.02. The van der Waals surface area contributed by atoms with Crippen molar-refractivity contribution in [3.05, 3.63) is 11.6 Å². The summed E-state index contributed by atoms with van der Waals surface area (Å²) in [5.41, 5.74) is -0.117. The van der Waals surface area contributed by atoms with E-state index in [4.69, 9.17) is 0 Å². The number of hydrogen-bond acceptors (Lipinski definition) is 4. The van der Waals surface area contributed by atoms with Gasteiger partial charge < -0.3 is 4.90 Å². The molecule has 3 rings (SSSR count). The van der Waals surface area contributed by atoms with E-state index in [1.165, 1.54) is 25.8 Å². The molecule has 0 bridgehead atoms. The zero-order valence-corrected chi connectivity index (χ0v) is 13.2. The lowest BCUT2D eigenvalue weighted by Crippen LogP contribution is -2.56. The van der Waals surface area contributed by atoms with Gasteiger partial charge in [-0.15, -0.1) is 5.10 Å². The maximum absolute atomic E-state index is 12.6. The van der Waals surface area contributed by atoms with Gasteiger partial charge in [0.05, 0.1) is 0 Å². The van der Waals surface area contributed by atoms with Gasteiger partial charge in [0.15, 0.2) is 0 Å². The van der Waals surface area contributed by atoms with Crippen LogP contribution in [0, 0.1) is 0 Å². The van der Waals surface area contributed by atoms with Crippen molar-refractivity contribution in [3.8, 4) is 0 Å². The Morgan fingerprint density at radius 2 is 2.05 bits per heavy atom. The first-order valence-corrected chi connectivity index (χ1v) is 7.91. The number of hydrogen-bond donors (Lipinski definition) is 1. The van der Waals surface area contributed by atoms with Gasteiger partial charge in [-0.3, -0.25) is 14.8 Å². The second-order valence-corrected chi connectivity index (χ2v) is 7.19. The van der Waals surface area contributed by atoms with Crippen LogP contribution in [0.15, 0.2) is 0 Å². The van der Waals surface area contributed by atoms with Gasteiger partial charge >= 0.3 is 0 Å². The maximum Gasteiger partial charge on any atom is 0.293 e. The van der Waals surface area contributed by atoms with Crippen molar-refractivity contribution in [1.82, 2.24) is 25.0 Å². The Morgan fingerprint density at radius 1 is 1.24 bits per heavy atom. The maximum atomic E-state index is 12.6. The molecule has 0 aliphatic carbocycles. The van der Waals surface area contributed by atoms with Crippen LogP contribution in [0.2, 0.25) is 0 Å². The van der Waals surface area contributed by atoms with Gasteiger partial charge in [-0.05, 0) is 19.4 Å². The van der Waals surface area contributed by atoms with Crippen LogP contribution < -0.4 is 0 Å². The van der Waals surface area contributed by atoms with Crippen LogP contribution >= 0.6 is 0 Å². The van der Waals surface area contributed by atoms with Crippen LogP contribution in [-0.4, -0.2) is 63.1 Å². The number of amides is 1. The van der Waals surface area contributed by atoms with Gasteiger partial charge in [0, 0.05) is 31.1 Å². The van der Waals surface area contributed by atoms with Crippen LogP contribution in [0.5, 0.6) is 0 Å². The summed E-state index contributed by atoms with van der Waals surface area (Å²) in [7, 11) is 0. The number of nitrogens with one attached hydrogen (secondary N) is 1. The molecule has 1 N–H and O–H groups in total. The molecule has 0 radical (unpaired) electrons. The Kier molecular flexibility index (Phi) is 3.73. The topological polar surface area (TPSA) is 65.1 Å². The quantitative estimate of drug-likeness (QED) is 0.849. The standard InChI is InChI=1S/C15H25N5O/c1-15(2,3)14-16-12(17-18-14)13(21)20-9-8-19-7-5-4-6-11(19)10-20/h11H,4-10H2,1-3H3,(H,16,17,18). The molecule has 6 nitrogen and oxygen atoms in total. The smallest absolute Gasteiger partial charge is 0.293 e. The van der Waals surface area contributed by atoms with E-state index < -0.39 is 0 Å². The van der Waals surface area contributed by atoms with E-state index >= 15 is 0 Å². The van der Waals surface area contributed by atoms with E-state index in [0.29, 0.717) is 11.9 Å². The summed E-state index contributed by atoms with van der Waals surface area (Å²) >= 11 is 0. The zero-order chi connectivity index (χ0) is 15.0. The highest BCUT2D eigenvalue weighted by molar-refractivity contribution is 5.90. The molecular weight excluding hydrogens is 266 g/mol. The minimum atomic E-state index is -0.117. The molecule has 2 saturated heterocycles. The number of aromatic amines is 1. The van der Waals surface area contributed by atoms with Crippen molar-refractivity contribution in [2.45, 2.75) is 51.5 Å². The lowest BCUT2D eigenvalue weighted by atomic mass is 9.96. The fraction of sp³-hybridized carbons (Fsp3) is 0.800. The first-order chi connectivity index (χ1) is 9.95. The third-order valence-electron chi connectivity index (χ3n) is 4.51. The average molecular weight is 291 g/mol. The van der Waals surface area contributed by atoms with Crippen molar-refractivity contribution in [2.24, 2.45) is 0 Å². The number of carbonyl (C=O) groups is 1. The highest BCUT2D eigenvalue weighted by atomic mass is 16.2. The highest BCUT2D eigenvalue weighted by Crippen LogP contribution is 2.22. The van der Waals surface area contributed by atoms with E-state index in [0.717, 1.165) is 25.5 Å². The Morgan fingerprint density at radius 3 is 2.76 bits per heavy atom. The third-order valence-corrected chi connectivity index (χ3v) is 4.51. The lowest BCUT2D eigenvalue weighted by molar-refractivity contribution is 0.0364. The van der Waals surface area contributed by atoms with Crippen LogP contribution in [0.3, 0.4) is 0 Å². The summed E-state index contributed by atoms with van der Waals surface area (Å²) in [5.74, 6) is 1.04. The summed E-state index contributed by atoms with van der Waals surface area (Å²) < 4.78 is 0. The summed E-state index contributed by atoms with van der Waals surface area (Å²) in [6.07, 6.45) is 3.77. The highest BCUT2D eigenvalue weighted by Gasteiger charge is 2.33. The number of H-pyrrole nitrogens is 1. The van der Waals surface area contributed by atoms with Crippen LogP contribution in [0.4, 0.5) is 0 Å². The number of aromatic nitrogens is 3. The summed E-state index contributed by atoms with van der Waals surface area (Å²) in [4.78, 5) is 21.4. The van der Waals surface area contributed by atoms with Gasteiger partial charge in [0.2, 0.25) is 5.82 Å². The van der Waals surface area contributed by atoms with Gasteiger partial charge in [-0.25, -0.2) is 4.98 Å². The minimum absolute atomic E-state index is 0.0352. The molecule has 0 aromatic carbocycles. The largest absolute Gasteiger partial charge is 0.333 e. The molecule has 21 heavy (non-hydrogen) atoms. The van der Waals surface area contributed by atoms with Crippen LogP contribution in [-0.2, 0) is 5.41 Å². The Hall–Kier alpha value is -1.43. The molecule has 116 valence electrons. The average Bonchev–Trinajstić information content (AvgIpc) is 2.96. The van der Waals surface area contributed by atoms with E-state index in [1.54, 1.807) is 0 Å². The molecule has 1 aromatic heterocycles. The molecule has 2 fully saturated rings. The third kappa shape index (κ3) is 2.95. The van der Waals surface area contributed by atoms with Crippen molar-refractivity contribution >= 4 is 5.91 Å². The van der Waals surface area contributed by atoms with Gasteiger partial charge in [0.25, 0.3) is 5.91 Å². The monoisotopic (exact) mass is 291 g/mol. The Bertz CT molecular complexity index is 518. The molecule has 2 aliphatic rings. The SMILES string of the molecule is CC(C)(C)c1nc(C(=O)N2CCN3CCCCC3C2)n[nH]1. The molecule has 1 unspecified atom stereocenters. The first kappa shape index (κ1) is 14.5. The predicted octanol–water partition coefficient (Wildman–Crippen LogP) is 1.41. The van der Waals surface area contributed by atoms with Crippen molar-refractivity contribution in [3.63, 3.8) is 0 Å². The van der Waals surface area contributed by atoms with E-state index in [-0.39, 0.29) is 11.3 Å². The fourth-order valence-corrected chi connectivity index (χ4v) is 3.17. The van der Waals surface area contributed by atoms with Crippen molar-refractivity contribution in [2.75, 3.05) is 26.2 Å². The van der Waals surface area contributed by atoms with E-state index in [2.05, 4.69) is 40.9 Å². The van der Waals surface area contributed by atoms with Gasteiger partial charge in [-0.2, -0.15) is 0 Å². The number of nitrogens with zero attached hydrogens (tertiary/aromatic N) is 4. The van der Waals surface area contributed by atoms with Crippen LogP contribution in [0.25, 0.3) is 0 Å². The Labute approximate surface area is 125 Å². The molecule has 1 atom stereocenters. The molecule has 1 amide bonds. The van der Waals surface area contributed by atoms with Crippen LogP contribution in [0.1, 0.15) is 56.5 Å². The summed E-state index contributed by atoms with van der Waals surface area (Å²) in [6.45, 7) is 9.94. The molecule has 2 aliphatic heterocycles. The second kappa shape index (κ2) is 5.40. The second-order valence-electron chi connectivity index (χ2n) is 7.19. The fourth-order valence-electron chi connectivity index (χ4n) is 3.17. The van der Waals surface area contributed by atoms with E-state index in [9.17, 15) is 4.79 Å². The molecule has 1 aromatic rings. The first-order valence-electron chi connectivity index (χ1n) is 7.91. The number of fused-ring (bicyclic) bond motifs is 1. The van der Waals surface area contributed by atoms with Crippen molar-refractivity contribution < 1.29 is 4.79 Å². The minimum Gasteiger partial charge on any atom is -0.333 e. The van der Waals surface area contributed by atoms with E-state index in [1.807, 2.05) is 4.90 Å². The predicted molar refractivity (Wildman–Crippen MR) is 80.2 cm³/mol. The van der Waals surface area contributed by atoms with Gasteiger partial charge in [-0.1, -0.05) is 27.2 Å². The molecular formula is C15H25N5O. The molecule has 0 saturated carbocycles. The Balaban J connectivity index is 1.69. The number of rotatable bonds is 1. The summed E-state index contributed by atoms with van der Waals surface area (Å²) in [6, 6.07) is 0.525. The normalized spacial score (nSPS) is 24.0. The zero-order valence-electron chi connectivity index (χ0n) is 13.2. The molecule has 6 heteroatoms. The number of carbonyl (C=O) groups excluding carboxylic acids is 1. The molecule has 3 heterocycles. The number of piperazine rings is 1. The number of piperidine rings is 1. The molecule has 0 spiro atoms. The lowest BCUT2D eigenvalue weighted by Gasteiger charge is -2.43.